The third-order valence-corrected chi connectivity index (χ3v) is 19.4. The molecule has 2 fully saturated rings. The first-order valence-electron chi connectivity index (χ1n) is 12.4. The first-order chi connectivity index (χ1) is 14.6. The van der Waals surface area contributed by atoms with Gasteiger partial charge in [-0.3, -0.25) is 0 Å². The van der Waals surface area contributed by atoms with Crippen molar-refractivity contribution < 1.29 is 0 Å². The molecule has 4 rings (SSSR count). The van der Waals surface area contributed by atoms with Gasteiger partial charge in [0, 0.05) is 0 Å². The number of nitrogens with zero attached hydrogens (tertiary/aromatic N) is 3. The van der Waals surface area contributed by atoms with Crippen LogP contribution in [-0.2, 0) is 0 Å². The van der Waals surface area contributed by atoms with Gasteiger partial charge >= 0.3 is 209 Å². The summed E-state index contributed by atoms with van der Waals surface area (Å²) in [6.07, 6.45) is 4.18. The third-order valence-electron chi connectivity index (χ3n) is 7.57. The van der Waals surface area contributed by atoms with Gasteiger partial charge in [-0.05, 0) is 0 Å². The molecule has 2 aliphatic carbocycles. The Hall–Kier alpha value is -0.130. The van der Waals surface area contributed by atoms with Crippen LogP contribution in [0.5, 0.6) is 0 Å². The maximum absolute atomic E-state index is 3.01. The van der Waals surface area contributed by atoms with E-state index in [0.717, 1.165) is 11.8 Å². The molecule has 1 aliphatic heterocycles. The van der Waals surface area contributed by atoms with Crippen LogP contribution in [0, 0.1) is 32.6 Å². The Bertz CT molecular complexity index is 912. The Labute approximate surface area is 208 Å². The molecular formula is C26H45GeN3PSi. The van der Waals surface area contributed by atoms with Crippen LogP contribution in [0.4, 0.5) is 5.69 Å². The molecule has 0 unspecified atom stereocenters. The van der Waals surface area contributed by atoms with E-state index >= 15 is 0 Å². The minimum atomic E-state index is -1.66. The van der Waals surface area contributed by atoms with Gasteiger partial charge in [-0.2, -0.15) is 0 Å². The van der Waals surface area contributed by atoms with Gasteiger partial charge in [0.1, 0.15) is 0 Å². The van der Waals surface area contributed by atoms with Crippen molar-refractivity contribution in [2.45, 2.75) is 106 Å². The fraction of sp³-hybridized carbons (Fsp3) is 0.692. The van der Waals surface area contributed by atoms with Gasteiger partial charge in [-0.1, -0.05) is 0 Å². The Kier molecular flexibility index (Phi) is 6.20. The summed E-state index contributed by atoms with van der Waals surface area (Å²) < 4.78 is 8.78. The molecule has 1 heterocycles. The topological polar surface area (TPSA) is 9.72 Å². The van der Waals surface area contributed by atoms with E-state index in [1.165, 1.54) is 58.4 Å². The molecule has 6 heteroatoms. The van der Waals surface area contributed by atoms with Gasteiger partial charge in [-0.15, -0.1) is 0 Å². The van der Waals surface area contributed by atoms with Crippen LogP contribution in [0.15, 0.2) is 23.1 Å². The first-order valence-corrected chi connectivity index (χ1v) is 17.9. The summed E-state index contributed by atoms with van der Waals surface area (Å²) in [6.45, 7) is 26.8. The predicted octanol–water partition coefficient (Wildman–Crippen LogP) is 6.84. The number of allylic oxidation sites excluding steroid dienone is 2. The molecule has 0 N–H and O–H groups in total. The average molecular weight is 531 g/mol. The number of anilines is 1. The predicted molar refractivity (Wildman–Crippen MR) is 147 cm³/mol. The van der Waals surface area contributed by atoms with Crippen molar-refractivity contribution in [1.82, 2.24) is 8.67 Å². The number of benzene rings is 1. The van der Waals surface area contributed by atoms with Gasteiger partial charge in [-0.25, -0.2) is 0 Å². The standard InChI is InChI=1S/C26H45GeN3PSi/c1-17-14-18(2)22(19(3)15-17)28(27)23-20-12-13-21(16-20)24(23)31-29(25(4,5)6)32(10,11)30(31)26(7,8)9/h14-15,20-21H,12-13,16,27H2,1-11H3/t20-,21+/m1/s1. The molecule has 32 heavy (non-hydrogen) atoms. The second-order valence-electron chi connectivity index (χ2n) is 12.9. The van der Waals surface area contributed by atoms with E-state index in [2.05, 4.69) is 100 Å². The number of hydrogen-bond acceptors (Lipinski definition) is 3. The normalized spacial score (nSPS) is 26.8. The number of hydrogen-bond donors (Lipinski definition) is 0. The molecule has 2 atom stereocenters. The Morgan fingerprint density at radius 1 is 0.906 bits per heavy atom. The number of aryl methyl sites for hydroxylation is 3. The molecule has 3 aliphatic rings. The molecule has 1 aromatic carbocycles. The monoisotopic (exact) mass is 532 g/mol. The summed E-state index contributed by atoms with van der Waals surface area (Å²) >= 11 is 1.18. The Balaban J connectivity index is 1.89. The van der Waals surface area contributed by atoms with E-state index in [0.29, 0.717) is 0 Å². The molecule has 1 saturated carbocycles. The van der Waals surface area contributed by atoms with Gasteiger partial charge in [0.15, 0.2) is 0 Å². The number of rotatable bonds is 3. The summed E-state index contributed by atoms with van der Waals surface area (Å²) in [5.74, 6) is 1.56. The molecule has 1 aromatic rings. The zero-order valence-corrected chi connectivity index (χ0v) is 27.3. The van der Waals surface area contributed by atoms with Gasteiger partial charge in [0.2, 0.25) is 0 Å². The molecule has 1 saturated heterocycles. The molecule has 1 radical (unpaired) electrons. The second-order valence-corrected chi connectivity index (χ2v) is 20.7. The molecule has 0 aromatic heterocycles. The Morgan fingerprint density at radius 2 is 1.38 bits per heavy atom. The Morgan fingerprint density at radius 3 is 1.84 bits per heavy atom. The fourth-order valence-corrected chi connectivity index (χ4v) is 20.6. The van der Waals surface area contributed by atoms with Crippen molar-refractivity contribution in [2.24, 2.45) is 11.8 Å². The quantitative estimate of drug-likeness (QED) is 0.313. The van der Waals surface area contributed by atoms with Crippen LogP contribution in [-0.4, -0.2) is 44.9 Å². The molecule has 2 bridgehead atoms. The first kappa shape index (κ1) is 25.0. The van der Waals surface area contributed by atoms with Crippen LogP contribution < -0.4 is 3.86 Å². The van der Waals surface area contributed by atoms with Gasteiger partial charge in [0.05, 0.1) is 0 Å². The summed E-state index contributed by atoms with van der Waals surface area (Å²) in [7, 11) is -2.06. The fourth-order valence-electron chi connectivity index (χ4n) is 7.27. The maximum atomic E-state index is 3.01. The summed E-state index contributed by atoms with van der Waals surface area (Å²) in [4.78, 5) is 0. The van der Waals surface area contributed by atoms with Crippen molar-refractivity contribution in [3.05, 3.63) is 39.8 Å². The van der Waals surface area contributed by atoms with Crippen molar-refractivity contribution in [3.8, 4) is 0 Å². The minimum absolute atomic E-state index is 0.216. The van der Waals surface area contributed by atoms with Crippen molar-refractivity contribution in [3.63, 3.8) is 0 Å². The van der Waals surface area contributed by atoms with E-state index in [4.69, 9.17) is 0 Å². The molecule has 177 valence electrons. The van der Waals surface area contributed by atoms with Crippen LogP contribution in [0.3, 0.4) is 0 Å². The third kappa shape index (κ3) is 3.81. The van der Waals surface area contributed by atoms with E-state index in [1.54, 1.807) is 5.70 Å². The molecular weight excluding hydrogens is 486 g/mol. The second kappa shape index (κ2) is 7.95. The SMILES string of the molecule is Cc1cc(C)c([N]([GeH2])C2=C(P3N(C(C)(C)C)[Si](C)(C)N3C(C)(C)C)[C@H]3CC[C@@H]2C3)c(C)c1. The summed E-state index contributed by atoms with van der Waals surface area (Å²) in [6, 6.07) is 4.76. The van der Waals surface area contributed by atoms with E-state index in [-0.39, 0.29) is 11.1 Å². The zero-order valence-electron chi connectivity index (χ0n) is 22.4. The van der Waals surface area contributed by atoms with Crippen LogP contribution in [0.1, 0.15) is 77.5 Å². The van der Waals surface area contributed by atoms with E-state index in [9.17, 15) is 0 Å². The summed E-state index contributed by atoms with van der Waals surface area (Å²) in [5.41, 5.74) is 7.93. The van der Waals surface area contributed by atoms with Crippen molar-refractivity contribution in [1.29, 1.82) is 0 Å². The summed E-state index contributed by atoms with van der Waals surface area (Å²) in [5, 5.41) is 1.85. The van der Waals surface area contributed by atoms with Crippen LogP contribution in [0.25, 0.3) is 0 Å². The van der Waals surface area contributed by atoms with Crippen molar-refractivity contribution >= 4 is 39.0 Å². The van der Waals surface area contributed by atoms with Gasteiger partial charge < -0.3 is 0 Å². The van der Waals surface area contributed by atoms with E-state index in [1.807, 2.05) is 5.31 Å². The van der Waals surface area contributed by atoms with E-state index < -0.39 is 16.6 Å². The zero-order chi connectivity index (χ0) is 24.0. The number of fused-ring (bicyclic) bond motifs is 2. The van der Waals surface area contributed by atoms with Gasteiger partial charge in [0.25, 0.3) is 0 Å². The molecule has 0 spiro atoms. The van der Waals surface area contributed by atoms with Crippen LogP contribution >= 0.6 is 8.22 Å². The molecule has 0 amide bonds. The molecule has 3 nitrogen and oxygen atoms in total. The average Bonchev–Trinajstić information content (AvgIpc) is 3.16. The van der Waals surface area contributed by atoms with Crippen LogP contribution in [0.2, 0.25) is 13.1 Å². The van der Waals surface area contributed by atoms with Crippen molar-refractivity contribution in [2.75, 3.05) is 3.86 Å².